The molecule has 1 aromatic carbocycles. The molecule has 0 atom stereocenters. The van der Waals surface area contributed by atoms with Crippen LogP contribution in [0.2, 0.25) is 0 Å². The Balaban J connectivity index is 1.48. The first-order chi connectivity index (χ1) is 13.9. The lowest BCUT2D eigenvalue weighted by molar-refractivity contribution is -0.140. The zero-order chi connectivity index (χ0) is 20.6. The molecule has 4 bridgehead atoms. The van der Waals surface area contributed by atoms with Crippen molar-refractivity contribution in [3.63, 3.8) is 0 Å². The van der Waals surface area contributed by atoms with Gasteiger partial charge < -0.3 is 5.32 Å². The van der Waals surface area contributed by atoms with Crippen molar-refractivity contribution in [1.29, 1.82) is 0 Å². The minimum Gasteiger partial charge on any atom is -0.326 e. The fourth-order valence-corrected chi connectivity index (χ4v) is 7.45. The summed E-state index contributed by atoms with van der Waals surface area (Å²) < 4.78 is 27.0. The molecule has 0 radical (unpaired) electrons. The SMILES string of the molecule is C=CCN(CC=C)S(=O)(=O)c1ccc(NC(=O)C23CC4CC(CC(C4)C2)C3)cc1. The van der Waals surface area contributed by atoms with Gasteiger partial charge in [-0.05, 0) is 80.5 Å². The zero-order valence-electron chi connectivity index (χ0n) is 16.8. The Morgan fingerprint density at radius 2 is 1.48 bits per heavy atom. The van der Waals surface area contributed by atoms with Gasteiger partial charge in [-0.25, -0.2) is 8.42 Å². The first-order valence-electron chi connectivity index (χ1n) is 10.5. The van der Waals surface area contributed by atoms with Crippen molar-refractivity contribution in [1.82, 2.24) is 4.31 Å². The maximum absolute atomic E-state index is 13.2. The fourth-order valence-electron chi connectivity index (χ4n) is 6.07. The summed E-state index contributed by atoms with van der Waals surface area (Å²) in [5, 5.41) is 3.08. The Morgan fingerprint density at radius 1 is 1.00 bits per heavy atom. The lowest BCUT2D eigenvalue weighted by atomic mass is 9.49. The highest BCUT2D eigenvalue weighted by Gasteiger charge is 2.54. The van der Waals surface area contributed by atoms with E-state index in [1.54, 1.807) is 36.4 Å². The highest BCUT2D eigenvalue weighted by molar-refractivity contribution is 7.89. The quantitative estimate of drug-likeness (QED) is 0.648. The second-order valence-electron chi connectivity index (χ2n) is 9.08. The second-order valence-corrected chi connectivity index (χ2v) is 11.0. The van der Waals surface area contributed by atoms with Gasteiger partial charge in [0.05, 0.1) is 10.3 Å². The van der Waals surface area contributed by atoms with Crippen molar-refractivity contribution in [2.75, 3.05) is 18.4 Å². The number of nitrogens with one attached hydrogen (secondary N) is 1. The molecule has 0 heterocycles. The van der Waals surface area contributed by atoms with Crippen molar-refractivity contribution in [3.8, 4) is 0 Å². The standard InChI is InChI=1S/C23H30N2O3S/c1-3-9-25(10-4-2)29(27,28)21-7-5-20(6-8-21)24-22(26)23-14-17-11-18(15-23)13-19(12-17)16-23/h3-8,17-19H,1-2,9-16H2,(H,24,26). The molecule has 29 heavy (non-hydrogen) atoms. The Morgan fingerprint density at radius 3 is 1.93 bits per heavy atom. The molecule has 4 saturated carbocycles. The monoisotopic (exact) mass is 414 g/mol. The molecule has 0 aromatic heterocycles. The number of hydrogen-bond donors (Lipinski definition) is 1. The highest BCUT2D eigenvalue weighted by Crippen LogP contribution is 2.60. The topological polar surface area (TPSA) is 66.5 Å². The maximum Gasteiger partial charge on any atom is 0.243 e. The van der Waals surface area contributed by atoms with Crippen LogP contribution in [0.25, 0.3) is 0 Å². The van der Waals surface area contributed by atoms with Gasteiger partial charge in [0, 0.05) is 18.8 Å². The largest absolute Gasteiger partial charge is 0.326 e. The van der Waals surface area contributed by atoms with Crippen molar-refractivity contribution >= 4 is 21.6 Å². The van der Waals surface area contributed by atoms with Gasteiger partial charge >= 0.3 is 0 Å². The van der Waals surface area contributed by atoms with Crippen molar-refractivity contribution < 1.29 is 13.2 Å². The molecule has 1 amide bonds. The van der Waals surface area contributed by atoms with Crippen molar-refractivity contribution in [2.24, 2.45) is 23.2 Å². The smallest absolute Gasteiger partial charge is 0.243 e. The molecular formula is C23H30N2O3S. The van der Waals surface area contributed by atoms with Crippen LogP contribution in [0.15, 0.2) is 54.5 Å². The van der Waals surface area contributed by atoms with E-state index in [1.807, 2.05) is 0 Å². The van der Waals surface area contributed by atoms with Gasteiger partial charge in [-0.15, -0.1) is 13.2 Å². The normalized spacial score (nSPS) is 30.3. The van der Waals surface area contributed by atoms with Gasteiger partial charge in [0.2, 0.25) is 15.9 Å². The summed E-state index contributed by atoms with van der Waals surface area (Å²) in [6.07, 6.45) is 10.0. The summed E-state index contributed by atoms with van der Waals surface area (Å²) in [4.78, 5) is 13.4. The first-order valence-corrected chi connectivity index (χ1v) is 11.9. The highest BCUT2D eigenvalue weighted by atomic mass is 32.2. The maximum atomic E-state index is 13.2. The summed E-state index contributed by atoms with van der Waals surface area (Å²) in [5.41, 5.74) is 0.438. The summed E-state index contributed by atoms with van der Waals surface area (Å²) in [5.74, 6) is 2.24. The van der Waals surface area contributed by atoms with Gasteiger partial charge in [0.15, 0.2) is 0 Å². The van der Waals surface area contributed by atoms with E-state index in [0.717, 1.165) is 19.3 Å². The van der Waals surface area contributed by atoms with Gasteiger partial charge in [0.25, 0.3) is 0 Å². The van der Waals surface area contributed by atoms with Gasteiger partial charge in [-0.3, -0.25) is 4.79 Å². The van der Waals surface area contributed by atoms with Gasteiger partial charge in [0.1, 0.15) is 0 Å². The summed E-state index contributed by atoms with van der Waals surface area (Å²) >= 11 is 0. The minimum atomic E-state index is -3.63. The summed E-state index contributed by atoms with van der Waals surface area (Å²) in [7, 11) is -3.63. The lowest BCUT2D eigenvalue weighted by Crippen LogP contribution is -2.51. The number of carbonyl (C=O) groups is 1. The Bertz CT molecular complexity index is 859. The molecule has 5 nitrogen and oxygen atoms in total. The van der Waals surface area contributed by atoms with Crippen LogP contribution in [0.1, 0.15) is 38.5 Å². The van der Waals surface area contributed by atoms with Crippen LogP contribution in [-0.4, -0.2) is 31.7 Å². The summed E-state index contributed by atoms with van der Waals surface area (Å²) in [6.45, 7) is 7.69. The van der Waals surface area contributed by atoms with E-state index in [4.69, 9.17) is 0 Å². The molecule has 1 aromatic rings. The van der Waals surface area contributed by atoms with E-state index in [1.165, 1.54) is 23.6 Å². The van der Waals surface area contributed by atoms with E-state index in [9.17, 15) is 13.2 Å². The summed E-state index contributed by atoms with van der Waals surface area (Å²) in [6, 6.07) is 6.49. The average Bonchev–Trinajstić information content (AvgIpc) is 2.67. The predicted octanol–water partition coefficient (Wildman–Crippen LogP) is 4.20. The van der Waals surface area contributed by atoms with Crippen LogP contribution in [-0.2, 0) is 14.8 Å². The molecule has 0 spiro atoms. The molecule has 4 fully saturated rings. The van der Waals surface area contributed by atoms with E-state index >= 15 is 0 Å². The van der Waals surface area contributed by atoms with E-state index in [-0.39, 0.29) is 29.3 Å². The molecule has 4 aliphatic rings. The molecule has 0 saturated heterocycles. The predicted molar refractivity (Wildman–Crippen MR) is 115 cm³/mol. The van der Waals surface area contributed by atoms with Crippen LogP contribution in [0, 0.1) is 23.2 Å². The molecule has 156 valence electrons. The number of rotatable bonds is 8. The molecule has 4 aliphatic carbocycles. The Kier molecular flexibility index (Phi) is 5.42. The molecule has 0 unspecified atom stereocenters. The molecule has 0 aliphatic heterocycles. The van der Waals surface area contributed by atoms with E-state index in [0.29, 0.717) is 23.4 Å². The molecule has 6 heteroatoms. The van der Waals surface area contributed by atoms with E-state index in [2.05, 4.69) is 18.5 Å². The van der Waals surface area contributed by atoms with Crippen molar-refractivity contribution in [2.45, 2.75) is 43.4 Å². The first kappa shape index (κ1) is 20.4. The fraction of sp³-hybridized carbons (Fsp3) is 0.522. The van der Waals surface area contributed by atoms with Crippen molar-refractivity contribution in [3.05, 3.63) is 49.6 Å². The van der Waals surface area contributed by atoms with E-state index < -0.39 is 10.0 Å². The number of benzene rings is 1. The third kappa shape index (κ3) is 3.80. The zero-order valence-corrected chi connectivity index (χ0v) is 17.7. The molecule has 1 N–H and O–H groups in total. The Hall–Kier alpha value is -1.92. The lowest BCUT2D eigenvalue weighted by Gasteiger charge is -2.55. The van der Waals surface area contributed by atoms with Crippen LogP contribution in [0.3, 0.4) is 0 Å². The number of hydrogen-bond acceptors (Lipinski definition) is 3. The third-order valence-corrected chi connectivity index (χ3v) is 8.78. The van der Waals surface area contributed by atoms with Crippen LogP contribution < -0.4 is 5.32 Å². The molecule has 5 rings (SSSR count). The number of nitrogens with zero attached hydrogens (tertiary/aromatic N) is 1. The average molecular weight is 415 g/mol. The number of anilines is 1. The number of carbonyl (C=O) groups excluding carboxylic acids is 1. The van der Waals surface area contributed by atoms with Gasteiger partial charge in [-0.2, -0.15) is 4.31 Å². The minimum absolute atomic E-state index is 0.118. The van der Waals surface area contributed by atoms with Crippen LogP contribution in [0.5, 0.6) is 0 Å². The Labute approximate surface area is 173 Å². The van der Waals surface area contributed by atoms with Crippen LogP contribution >= 0.6 is 0 Å². The number of amides is 1. The van der Waals surface area contributed by atoms with Gasteiger partial charge in [-0.1, -0.05) is 12.2 Å². The second kappa shape index (κ2) is 7.73. The van der Waals surface area contributed by atoms with Crippen LogP contribution in [0.4, 0.5) is 5.69 Å². The molecular weight excluding hydrogens is 384 g/mol. The number of sulfonamides is 1. The third-order valence-electron chi connectivity index (χ3n) is 6.94.